The van der Waals surface area contributed by atoms with E-state index in [1.807, 2.05) is 27.7 Å². The minimum Gasteiger partial charge on any atom is -0.394 e. The molecule has 1 saturated heterocycles. The zero-order valence-electron chi connectivity index (χ0n) is 11.1. The molecule has 0 aromatic carbocycles. The number of amides is 1. The van der Waals surface area contributed by atoms with Crippen LogP contribution in [0, 0.1) is 5.41 Å². The molecule has 0 spiro atoms. The SMILES string of the molecule is CC1CN(C(=O)[C@H](N)C(C)(C)C)CC(CO)O1. The van der Waals surface area contributed by atoms with Crippen LogP contribution in [-0.2, 0) is 9.53 Å². The fraction of sp³-hybridized carbons (Fsp3) is 0.917. The zero-order valence-corrected chi connectivity index (χ0v) is 11.1. The van der Waals surface area contributed by atoms with Crippen molar-refractivity contribution in [2.24, 2.45) is 11.1 Å². The molecule has 0 aromatic rings. The van der Waals surface area contributed by atoms with Crippen LogP contribution < -0.4 is 5.73 Å². The van der Waals surface area contributed by atoms with Crippen LogP contribution in [0.5, 0.6) is 0 Å². The summed E-state index contributed by atoms with van der Waals surface area (Å²) < 4.78 is 5.50. The molecule has 5 nitrogen and oxygen atoms in total. The second-order valence-electron chi connectivity index (χ2n) is 5.84. The molecular formula is C12H24N2O3. The lowest BCUT2D eigenvalue weighted by molar-refractivity contribution is -0.150. The first-order valence-electron chi connectivity index (χ1n) is 6.06. The number of hydrogen-bond acceptors (Lipinski definition) is 4. The monoisotopic (exact) mass is 244 g/mol. The van der Waals surface area contributed by atoms with Crippen LogP contribution in [-0.4, -0.2) is 53.9 Å². The summed E-state index contributed by atoms with van der Waals surface area (Å²) in [6.07, 6.45) is -0.355. The Kier molecular flexibility index (Phi) is 4.52. The summed E-state index contributed by atoms with van der Waals surface area (Å²) in [6, 6.07) is -0.521. The molecule has 2 unspecified atom stereocenters. The first kappa shape index (κ1) is 14.4. The van der Waals surface area contributed by atoms with Crippen molar-refractivity contribution >= 4 is 5.91 Å². The van der Waals surface area contributed by atoms with Gasteiger partial charge in [-0.05, 0) is 12.3 Å². The van der Waals surface area contributed by atoms with E-state index < -0.39 is 6.04 Å². The van der Waals surface area contributed by atoms with Crippen LogP contribution in [0.2, 0.25) is 0 Å². The molecule has 1 aliphatic heterocycles. The minimum atomic E-state index is -0.521. The lowest BCUT2D eigenvalue weighted by Gasteiger charge is -2.39. The van der Waals surface area contributed by atoms with Crippen LogP contribution in [0.25, 0.3) is 0 Å². The Morgan fingerprint density at radius 3 is 2.59 bits per heavy atom. The van der Waals surface area contributed by atoms with Crippen molar-refractivity contribution in [3.63, 3.8) is 0 Å². The maximum absolute atomic E-state index is 12.2. The van der Waals surface area contributed by atoms with Crippen molar-refractivity contribution < 1.29 is 14.6 Å². The van der Waals surface area contributed by atoms with Crippen molar-refractivity contribution in [2.75, 3.05) is 19.7 Å². The Hall–Kier alpha value is -0.650. The minimum absolute atomic E-state index is 0.0583. The molecular weight excluding hydrogens is 220 g/mol. The number of morpholine rings is 1. The van der Waals surface area contributed by atoms with Crippen LogP contribution >= 0.6 is 0 Å². The first-order chi connectivity index (χ1) is 7.75. The van der Waals surface area contributed by atoms with E-state index >= 15 is 0 Å². The van der Waals surface area contributed by atoms with Crippen LogP contribution in [0.4, 0.5) is 0 Å². The Balaban J connectivity index is 2.68. The van der Waals surface area contributed by atoms with Crippen molar-refractivity contribution in [1.29, 1.82) is 0 Å². The normalized spacial score (nSPS) is 28.0. The molecule has 5 heteroatoms. The predicted octanol–water partition coefficient (Wildman–Crippen LogP) is -0.0320. The summed E-state index contributed by atoms with van der Waals surface area (Å²) in [5.74, 6) is -0.0638. The Bertz CT molecular complexity index is 275. The van der Waals surface area contributed by atoms with Crippen molar-refractivity contribution in [3.8, 4) is 0 Å². The number of rotatable bonds is 2. The van der Waals surface area contributed by atoms with Gasteiger partial charge in [-0.1, -0.05) is 20.8 Å². The van der Waals surface area contributed by atoms with Gasteiger partial charge >= 0.3 is 0 Å². The van der Waals surface area contributed by atoms with Gasteiger partial charge in [0.05, 0.1) is 24.9 Å². The molecule has 1 amide bonds. The van der Waals surface area contributed by atoms with Crippen LogP contribution in [0.3, 0.4) is 0 Å². The second-order valence-corrected chi connectivity index (χ2v) is 5.84. The number of nitrogens with zero attached hydrogens (tertiary/aromatic N) is 1. The molecule has 0 saturated carbocycles. The molecule has 0 bridgehead atoms. The molecule has 1 aliphatic rings. The lowest BCUT2D eigenvalue weighted by atomic mass is 9.86. The predicted molar refractivity (Wildman–Crippen MR) is 65.4 cm³/mol. The molecule has 1 fully saturated rings. The fourth-order valence-corrected chi connectivity index (χ4v) is 1.89. The van der Waals surface area contributed by atoms with Gasteiger partial charge < -0.3 is 20.5 Å². The molecule has 17 heavy (non-hydrogen) atoms. The zero-order chi connectivity index (χ0) is 13.2. The molecule has 3 N–H and O–H groups in total. The van der Waals surface area contributed by atoms with Gasteiger partial charge in [0, 0.05) is 13.1 Å². The summed E-state index contributed by atoms with van der Waals surface area (Å²) in [5.41, 5.74) is 5.71. The molecule has 0 aromatic heterocycles. The quantitative estimate of drug-likeness (QED) is 0.715. The molecule has 100 valence electrons. The maximum Gasteiger partial charge on any atom is 0.240 e. The van der Waals surface area contributed by atoms with Gasteiger partial charge in [0.15, 0.2) is 0 Å². The molecule has 3 atom stereocenters. The van der Waals surface area contributed by atoms with Gasteiger partial charge in [-0.3, -0.25) is 4.79 Å². The summed E-state index contributed by atoms with van der Waals surface area (Å²) in [7, 11) is 0. The Morgan fingerprint density at radius 1 is 1.53 bits per heavy atom. The van der Waals surface area contributed by atoms with E-state index in [1.54, 1.807) is 4.90 Å². The highest BCUT2D eigenvalue weighted by Gasteiger charge is 2.35. The van der Waals surface area contributed by atoms with E-state index in [0.717, 1.165) is 0 Å². The van der Waals surface area contributed by atoms with E-state index in [2.05, 4.69) is 0 Å². The highest BCUT2D eigenvalue weighted by atomic mass is 16.5. The topological polar surface area (TPSA) is 75.8 Å². The number of carbonyl (C=O) groups is 1. The number of hydrogen-bond donors (Lipinski definition) is 2. The lowest BCUT2D eigenvalue weighted by Crippen LogP contribution is -2.57. The van der Waals surface area contributed by atoms with Crippen molar-refractivity contribution in [1.82, 2.24) is 4.90 Å². The summed E-state index contributed by atoms with van der Waals surface area (Å²) >= 11 is 0. The van der Waals surface area contributed by atoms with Gasteiger partial charge in [0.2, 0.25) is 5.91 Å². The Labute approximate surface area is 103 Å². The molecule has 0 aliphatic carbocycles. The highest BCUT2D eigenvalue weighted by molar-refractivity contribution is 5.82. The highest BCUT2D eigenvalue weighted by Crippen LogP contribution is 2.21. The number of aliphatic hydroxyl groups is 1. The average Bonchev–Trinajstić information content (AvgIpc) is 2.24. The maximum atomic E-state index is 12.2. The number of carbonyl (C=O) groups excluding carboxylic acids is 1. The van der Waals surface area contributed by atoms with Crippen molar-refractivity contribution in [2.45, 2.75) is 45.9 Å². The third kappa shape index (κ3) is 3.66. The molecule has 1 heterocycles. The van der Waals surface area contributed by atoms with Gasteiger partial charge in [-0.15, -0.1) is 0 Å². The molecule has 0 radical (unpaired) electrons. The largest absolute Gasteiger partial charge is 0.394 e. The summed E-state index contributed by atoms with van der Waals surface area (Å²) in [6.45, 7) is 8.63. The van der Waals surface area contributed by atoms with Gasteiger partial charge in [0.25, 0.3) is 0 Å². The third-order valence-electron chi connectivity index (χ3n) is 3.04. The second kappa shape index (κ2) is 5.33. The van der Waals surface area contributed by atoms with Crippen LogP contribution in [0.15, 0.2) is 0 Å². The summed E-state index contributed by atoms with van der Waals surface area (Å²) in [5, 5.41) is 9.11. The number of aliphatic hydroxyl groups excluding tert-OH is 1. The van der Waals surface area contributed by atoms with Gasteiger partial charge in [0.1, 0.15) is 0 Å². The van der Waals surface area contributed by atoms with E-state index in [0.29, 0.717) is 13.1 Å². The van der Waals surface area contributed by atoms with Gasteiger partial charge in [-0.2, -0.15) is 0 Å². The van der Waals surface area contributed by atoms with Gasteiger partial charge in [-0.25, -0.2) is 0 Å². The smallest absolute Gasteiger partial charge is 0.240 e. The van der Waals surface area contributed by atoms with Crippen LogP contribution in [0.1, 0.15) is 27.7 Å². The fourth-order valence-electron chi connectivity index (χ4n) is 1.89. The summed E-state index contributed by atoms with van der Waals surface area (Å²) in [4.78, 5) is 13.9. The van der Waals surface area contributed by atoms with E-state index in [1.165, 1.54) is 0 Å². The average molecular weight is 244 g/mol. The van der Waals surface area contributed by atoms with E-state index in [9.17, 15) is 4.79 Å². The van der Waals surface area contributed by atoms with Crippen molar-refractivity contribution in [3.05, 3.63) is 0 Å². The number of ether oxygens (including phenoxy) is 1. The standard InChI is InChI=1S/C12H24N2O3/c1-8-5-14(6-9(7-15)17-8)11(16)10(13)12(2,3)4/h8-10,15H,5-7,13H2,1-4H3/t8?,9?,10-/m0/s1. The first-order valence-corrected chi connectivity index (χ1v) is 6.06. The molecule has 1 rings (SSSR count). The third-order valence-corrected chi connectivity index (χ3v) is 3.04. The Morgan fingerprint density at radius 2 is 2.12 bits per heavy atom. The number of nitrogens with two attached hydrogens (primary N) is 1. The van der Waals surface area contributed by atoms with E-state index in [4.69, 9.17) is 15.6 Å². The van der Waals surface area contributed by atoms with E-state index in [-0.39, 0.29) is 30.1 Å².